The summed E-state index contributed by atoms with van der Waals surface area (Å²) in [7, 11) is 0. The SMILES string of the molecule is NC1CCC(Nc2nc(NN3CCC(Cc4ccc5c(c4)OCO5)CC3)c3ncn(C4CCCC4)c3n2)CC1. The number of nitrogens with one attached hydrogen (secondary N) is 2. The zero-order chi connectivity index (χ0) is 26.2. The third kappa shape index (κ3) is 5.36. The van der Waals surface area contributed by atoms with Crippen LogP contribution in [0.2, 0.25) is 0 Å². The zero-order valence-electron chi connectivity index (χ0n) is 22.6. The Morgan fingerprint density at radius 3 is 2.54 bits per heavy atom. The van der Waals surface area contributed by atoms with Gasteiger partial charge < -0.3 is 30.5 Å². The quantitative estimate of drug-likeness (QED) is 0.400. The molecule has 4 heterocycles. The number of aromatic nitrogens is 4. The first-order valence-electron chi connectivity index (χ1n) is 14.8. The number of rotatable bonds is 7. The number of hydrogen-bond donors (Lipinski definition) is 3. The summed E-state index contributed by atoms with van der Waals surface area (Å²) in [5, 5.41) is 5.94. The molecule has 1 aromatic carbocycles. The van der Waals surface area contributed by atoms with E-state index in [0.717, 1.165) is 86.5 Å². The number of ether oxygens (including phenoxy) is 2. The zero-order valence-corrected chi connectivity index (χ0v) is 22.6. The lowest BCUT2D eigenvalue weighted by Gasteiger charge is -2.32. The first-order valence-corrected chi connectivity index (χ1v) is 14.8. The fraction of sp³-hybridized carbons (Fsp3) is 0.621. The van der Waals surface area contributed by atoms with Crippen LogP contribution in [0.3, 0.4) is 0 Å². The van der Waals surface area contributed by atoms with E-state index in [9.17, 15) is 0 Å². The molecule has 4 N–H and O–H groups in total. The van der Waals surface area contributed by atoms with Crippen LogP contribution in [0.15, 0.2) is 24.5 Å². The summed E-state index contributed by atoms with van der Waals surface area (Å²) in [6, 6.07) is 7.51. The lowest BCUT2D eigenvalue weighted by molar-refractivity contribution is 0.174. The van der Waals surface area contributed by atoms with Crippen molar-refractivity contribution in [2.75, 3.05) is 30.6 Å². The third-order valence-corrected chi connectivity index (χ3v) is 9.08. The van der Waals surface area contributed by atoms with E-state index in [4.69, 9.17) is 30.2 Å². The highest BCUT2D eigenvalue weighted by atomic mass is 16.7. The summed E-state index contributed by atoms with van der Waals surface area (Å²) in [6.07, 6.45) is 14.4. The molecule has 1 saturated heterocycles. The Kier molecular flexibility index (Phi) is 6.90. The summed E-state index contributed by atoms with van der Waals surface area (Å²) < 4.78 is 13.3. The fourth-order valence-corrected chi connectivity index (χ4v) is 6.75. The second-order valence-corrected chi connectivity index (χ2v) is 11.8. The molecule has 2 aliphatic carbocycles. The van der Waals surface area contributed by atoms with E-state index < -0.39 is 0 Å². The molecule has 208 valence electrons. The molecule has 0 atom stereocenters. The molecule has 2 saturated carbocycles. The number of hydrogen-bond acceptors (Lipinski definition) is 9. The van der Waals surface area contributed by atoms with Crippen molar-refractivity contribution in [1.82, 2.24) is 24.5 Å². The van der Waals surface area contributed by atoms with Crippen molar-refractivity contribution >= 4 is 22.9 Å². The van der Waals surface area contributed by atoms with Crippen LogP contribution in [-0.2, 0) is 6.42 Å². The molecule has 39 heavy (non-hydrogen) atoms. The Balaban J connectivity index is 1.05. The number of piperidine rings is 1. The van der Waals surface area contributed by atoms with Gasteiger partial charge in [0.05, 0.1) is 6.33 Å². The number of anilines is 2. The Labute approximate surface area is 229 Å². The van der Waals surface area contributed by atoms with Crippen LogP contribution in [0.1, 0.15) is 75.8 Å². The summed E-state index contributed by atoms with van der Waals surface area (Å²) in [6.45, 7) is 2.25. The summed E-state index contributed by atoms with van der Waals surface area (Å²) >= 11 is 0. The number of nitrogens with two attached hydrogens (primary N) is 1. The Morgan fingerprint density at radius 1 is 0.923 bits per heavy atom. The number of hydrazine groups is 1. The van der Waals surface area contributed by atoms with Gasteiger partial charge in [0.25, 0.3) is 0 Å². The first kappa shape index (κ1) is 24.9. The molecule has 0 amide bonds. The summed E-state index contributed by atoms with van der Waals surface area (Å²) in [5.74, 6) is 3.87. The molecule has 0 radical (unpaired) electrons. The minimum atomic E-state index is 0.320. The largest absolute Gasteiger partial charge is 0.454 e. The van der Waals surface area contributed by atoms with Crippen molar-refractivity contribution in [1.29, 1.82) is 0 Å². The van der Waals surface area contributed by atoms with Gasteiger partial charge in [0, 0.05) is 31.2 Å². The summed E-state index contributed by atoms with van der Waals surface area (Å²) in [5.41, 5.74) is 12.9. The van der Waals surface area contributed by atoms with Gasteiger partial charge >= 0.3 is 0 Å². The van der Waals surface area contributed by atoms with Crippen molar-refractivity contribution in [2.24, 2.45) is 11.7 Å². The van der Waals surface area contributed by atoms with Crippen LogP contribution in [0.4, 0.5) is 11.8 Å². The maximum atomic E-state index is 6.15. The van der Waals surface area contributed by atoms with Gasteiger partial charge in [-0.3, -0.25) is 0 Å². The topological polar surface area (TPSA) is 115 Å². The molecule has 10 nitrogen and oxygen atoms in total. The van der Waals surface area contributed by atoms with Crippen molar-refractivity contribution in [3.8, 4) is 11.5 Å². The van der Waals surface area contributed by atoms with Crippen LogP contribution in [0.5, 0.6) is 11.5 Å². The molecule has 3 fully saturated rings. The van der Waals surface area contributed by atoms with Crippen LogP contribution < -0.4 is 25.9 Å². The van der Waals surface area contributed by atoms with Gasteiger partial charge in [-0.2, -0.15) is 9.97 Å². The minimum absolute atomic E-state index is 0.320. The van der Waals surface area contributed by atoms with Gasteiger partial charge in [0.2, 0.25) is 12.7 Å². The molecule has 0 bridgehead atoms. The van der Waals surface area contributed by atoms with Gasteiger partial charge in [0.1, 0.15) is 0 Å². The molecule has 7 rings (SSSR count). The van der Waals surface area contributed by atoms with E-state index in [-0.39, 0.29) is 0 Å². The third-order valence-electron chi connectivity index (χ3n) is 9.08. The Hall–Kier alpha value is -3.11. The van der Waals surface area contributed by atoms with E-state index in [1.165, 1.54) is 31.2 Å². The maximum Gasteiger partial charge on any atom is 0.231 e. The monoisotopic (exact) mass is 532 g/mol. The van der Waals surface area contributed by atoms with Crippen LogP contribution in [0.25, 0.3) is 11.2 Å². The summed E-state index contributed by atoms with van der Waals surface area (Å²) in [4.78, 5) is 14.8. The second kappa shape index (κ2) is 10.8. The normalized spacial score (nSPS) is 24.4. The van der Waals surface area contributed by atoms with E-state index in [2.05, 4.69) is 32.5 Å². The second-order valence-electron chi connectivity index (χ2n) is 11.8. The van der Waals surface area contributed by atoms with Crippen LogP contribution >= 0.6 is 0 Å². The highest BCUT2D eigenvalue weighted by Crippen LogP contribution is 2.35. The number of fused-ring (bicyclic) bond motifs is 2. The number of imidazole rings is 1. The first-order chi connectivity index (χ1) is 19.2. The molecule has 0 spiro atoms. The Bertz CT molecular complexity index is 1290. The highest BCUT2D eigenvalue weighted by molar-refractivity contribution is 5.84. The lowest BCUT2D eigenvalue weighted by atomic mass is 9.90. The maximum absolute atomic E-state index is 6.15. The fourth-order valence-electron chi connectivity index (χ4n) is 6.75. The van der Waals surface area contributed by atoms with Crippen molar-refractivity contribution in [2.45, 2.75) is 88.8 Å². The standard InChI is InChI=1S/C29H40N8O2/c30-21-6-8-22(9-7-21)32-29-33-27(26-28(34-29)37(17-31-26)23-3-1-2-4-23)35-36-13-11-19(12-14-36)15-20-5-10-24-25(16-20)39-18-38-24/h5,10,16-17,19,21-23H,1-4,6-9,11-15,18,30H2,(H2,32,33,34,35). The van der Waals surface area contributed by atoms with Gasteiger partial charge in [-0.15, -0.1) is 0 Å². The number of benzene rings is 1. The van der Waals surface area contributed by atoms with Crippen molar-refractivity contribution in [3.05, 3.63) is 30.1 Å². The van der Waals surface area contributed by atoms with Gasteiger partial charge in [-0.05, 0) is 81.4 Å². The van der Waals surface area contributed by atoms with Crippen molar-refractivity contribution < 1.29 is 9.47 Å². The molecule has 10 heteroatoms. The molecule has 3 aromatic rings. The van der Waals surface area contributed by atoms with Gasteiger partial charge in [-0.1, -0.05) is 18.9 Å². The van der Waals surface area contributed by atoms with E-state index in [1.807, 2.05) is 12.4 Å². The molecule has 4 aliphatic rings. The van der Waals surface area contributed by atoms with Crippen LogP contribution in [0, 0.1) is 5.92 Å². The molecule has 2 aromatic heterocycles. The molecule has 0 unspecified atom stereocenters. The predicted molar refractivity (Wildman–Crippen MR) is 151 cm³/mol. The average molecular weight is 533 g/mol. The van der Waals surface area contributed by atoms with E-state index in [1.54, 1.807) is 0 Å². The lowest BCUT2D eigenvalue weighted by Crippen LogP contribution is -2.39. The van der Waals surface area contributed by atoms with Gasteiger partial charge in [0.15, 0.2) is 28.5 Å². The molecular formula is C29H40N8O2. The molecular weight excluding hydrogens is 492 g/mol. The Morgan fingerprint density at radius 2 is 1.72 bits per heavy atom. The van der Waals surface area contributed by atoms with Gasteiger partial charge in [-0.25, -0.2) is 9.99 Å². The highest BCUT2D eigenvalue weighted by Gasteiger charge is 2.26. The predicted octanol–water partition coefficient (Wildman–Crippen LogP) is 4.63. The minimum Gasteiger partial charge on any atom is -0.454 e. The smallest absolute Gasteiger partial charge is 0.231 e. The van der Waals surface area contributed by atoms with E-state index >= 15 is 0 Å². The average Bonchev–Trinajstić information content (AvgIpc) is 3.72. The van der Waals surface area contributed by atoms with Crippen molar-refractivity contribution in [3.63, 3.8) is 0 Å². The van der Waals surface area contributed by atoms with Crippen LogP contribution in [-0.4, -0.2) is 56.5 Å². The number of nitrogens with zero attached hydrogens (tertiary/aromatic N) is 5. The molecule has 2 aliphatic heterocycles. The van der Waals surface area contributed by atoms with E-state index in [0.29, 0.717) is 36.8 Å².